The Hall–Kier alpha value is -9.17. The first-order chi connectivity index (χ1) is 67.0. The highest BCUT2D eigenvalue weighted by molar-refractivity contribution is 7.89. The van der Waals surface area contributed by atoms with Crippen LogP contribution in [-0.2, 0) is 99.3 Å². The summed E-state index contributed by atoms with van der Waals surface area (Å²) in [5, 5.41) is 27.6. The summed E-state index contributed by atoms with van der Waals surface area (Å²) in [7, 11) is -5.27. The van der Waals surface area contributed by atoms with Crippen LogP contribution in [0.3, 0.4) is 0 Å². The highest BCUT2D eigenvalue weighted by atomic mass is 32.2. The Bertz CT molecular complexity index is 6720. The Labute approximate surface area is 837 Å². The van der Waals surface area contributed by atoms with Gasteiger partial charge in [0.15, 0.2) is 0 Å². The molecule has 23 rings (SSSR count). The van der Waals surface area contributed by atoms with Gasteiger partial charge in [0.25, 0.3) is 5.91 Å². The van der Waals surface area contributed by atoms with Gasteiger partial charge in [-0.15, -0.1) is 56.7 Å². The zero-order chi connectivity index (χ0) is 96.9. The topological polar surface area (TPSA) is 336 Å². The minimum atomic E-state index is -3.51. The fourth-order valence-corrected chi connectivity index (χ4v) is 31.9. The fraction of sp³-hybridized carbons (Fsp3) is 0.567. The Balaban J connectivity index is 0.000000112. The lowest BCUT2D eigenvalue weighted by Gasteiger charge is -2.37. The third-order valence-electron chi connectivity index (χ3n) is 31.3. The number of fused-ring (bicyclic) bond motifs is 15. The number of rotatable bonds is 14. The second kappa shape index (κ2) is 41.6. The number of aliphatic hydroxyl groups excluding tert-OH is 1. The SMILES string of the molecule is CC1CCc2c(sc3ncnc(N4CCC5(CC4)NC(=O)NC5=O)c23)C1.CC1CCc2c(sc3ncnc(N4CCN(S(=O)(=O)c5ccc(C(C)(C)C)cc5)CC4)c23)C1.CC1CCc2sc3ncnc(NC4CCCC(O)C4)c3c2C1.CCC(C)c1ccc(S(=O)(=O)N2CCN(c3ncnc4sc5c(c34)CCC(C)C5)CC2)cc1.CCC1CCc2c(sc3ncnc(N4CCC(C(=O)NC)CC4)c23)C1. The van der Waals surface area contributed by atoms with Crippen molar-refractivity contribution in [2.24, 2.45) is 35.5 Å². The van der Waals surface area contributed by atoms with Gasteiger partial charge in [0.2, 0.25) is 26.0 Å². The second-order valence-corrected chi connectivity index (χ2v) is 51.1. The average Bonchev–Trinajstić information content (AvgIpc) is 1.63. The van der Waals surface area contributed by atoms with E-state index in [1.165, 1.54) is 136 Å². The van der Waals surface area contributed by atoms with E-state index in [1.54, 1.807) is 106 Å². The predicted octanol–water partition coefficient (Wildman–Crippen LogP) is 18.2. The molecular formula is C104H134N20O8S7. The summed E-state index contributed by atoms with van der Waals surface area (Å²) in [6, 6.07) is 14.7. The van der Waals surface area contributed by atoms with Crippen LogP contribution in [0.4, 0.5) is 33.9 Å². The van der Waals surface area contributed by atoms with Crippen LogP contribution >= 0.6 is 56.7 Å². The molecule has 5 aliphatic heterocycles. The van der Waals surface area contributed by atoms with E-state index in [0.717, 1.165) is 192 Å². The number of sulfonamides is 2. The van der Waals surface area contributed by atoms with Crippen LogP contribution < -0.4 is 40.9 Å². The summed E-state index contributed by atoms with van der Waals surface area (Å²) in [5.74, 6) is 9.28. The number of nitrogens with zero attached hydrogens (tertiary/aromatic N) is 16. The number of amides is 4. The van der Waals surface area contributed by atoms with Gasteiger partial charge in [-0.3, -0.25) is 14.9 Å². The second-order valence-electron chi connectivity index (χ2n) is 41.8. The van der Waals surface area contributed by atoms with E-state index in [4.69, 9.17) is 0 Å². The maximum absolute atomic E-state index is 13.3. The first-order valence-electron chi connectivity index (χ1n) is 50.8. The van der Waals surface area contributed by atoms with Gasteiger partial charge < -0.3 is 40.7 Å². The number of urea groups is 1. The molecule has 0 radical (unpaired) electrons. The van der Waals surface area contributed by atoms with E-state index in [0.29, 0.717) is 106 Å². The molecular weight excluding hydrogens is 1880 g/mol. The van der Waals surface area contributed by atoms with Gasteiger partial charge in [0.1, 0.15) is 90.4 Å². The van der Waals surface area contributed by atoms with Crippen molar-refractivity contribution in [3.05, 3.63) is 143 Å². The summed E-state index contributed by atoms with van der Waals surface area (Å²) >= 11 is 9.11. The van der Waals surface area contributed by atoms with Crippen molar-refractivity contribution in [2.45, 2.75) is 269 Å². The highest BCUT2D eigenvalue weighted by Gasteiger charge is 2.49. The van der Waals surface area contributed by atoms with Gasteiger partial charge in [-0.05, 0) is 258 Å². The van der Waals surface area contributed by atoms with Crippen LogP contribution in [0.2, 0.25) is 0 Å². The number of piperazine rings is 2. The van der Waals surface area contributed by atoms with Crippen LogP contribution in [-0.4, -0.2) is 202 Å². The molecule has 8 unspecified atom stereocenters. The van der Waals surface area contributed by atoms with E-state index in [1.807, 2.05) is 46.9 Å². The van der Waals surface area contributed by atoms with Gasteiger partial charge in [0.05, 0.1) is 42.8 Å². The number of hydrogen-bond acceptors (Lipinski definition) is 28. The molecule has 5 saturated heterocycles. The molecule has 28 nitrogen and oxygen atoms in total. The summed E-state index contributed by atoms with van der Waals surface area (Å²) < 4.78 is 56.3. The Morgan fingerprint density at radius 2 is 0.892 bits per heavy atom. The standard InChI is InChI=1S/2C25H32N4O2S2.C19H26N4OS.C18H21N5O2S.C17H23N3OS/c1-17-5-10-20-21(15-17)32-24-22(20)23(26-16-27-24)28-11-13-29(14-12-28)33(30,31)19-8-6-18(7-9-19)25(2,3)4;1-4-18(3)19-6-8-20(9-7-19)33(30,31)29-13-11-28(12-14-29)24-23-21-10-5-17(2)15-22(21)32-25(23)27-16-26-24;1-3-12-4-5-14-15(10-12)25-19-16(14)17(21-11-22-19)23-8-6-13(7-9-23)18(24)20-2;1-10-2-3-11-12(8-10)26-15-13(11)14(19-9-20-15)23-6-4-18(5-7-23)16(24)21-17(25)22-18;1-10-5-6-14-13(7-10)15-16(18-9-19-17(15)22-14)20-11-3-2-4-12(21)8-11/h6-9,16-17H,5,10-15H2,1-4H3;6-9,16-18H,4-5,10-15H2,1-3H3;11-13H,3-10H2,1-2H3,(H,20,24);9-10H,2-8H2,1H3,(H2,21,22,24,25);9-12,21H,2-8H2,1H3,(H,18,19,20). The third kappa shape index (κ3) is 20.6. The molecule has 6 fully saturated rings. The monoisotopic (exact) mass is 2010 g/mol. The maximum atomic E-state index is 13.3. The first kappa shape index (κ1) is 98.6. The molecule has 11 aliphatic rings. The highest BCUT2D eigenvalue weighted by Crippen LogP contribution is 2.49. The first-order valence-corrected chi connectivity index (χ1v) is 57.7. The summed E-state index contributed by atoms with van der Waals surface area (Å²) in [6.07, 6.45) is 34.9. The number of thiophene rings is 5. The fourth-order valence-electron chi connectivity index (χ4n) is 22.6. The summed E-state index contributed by atoms with van der Waals surface area (Å²) in [4.78, 5) is 104. The zero-order valence-corrected chi connectivity index (χ0v) is 87.9. The number of aromatic nitrogens is 10. The predicted molar refractivity (Wildman–Crippen MR) is 562 cm³/mol. The number of aliphatic hydroxyl groups is 1. The molecule has 5 N–H and O–H groups in total. The van der Waals surface area contributed by atoms with Crippen molar-refractivity contribution in [1.29, 1.82) is 0 Å². The van der Waals surface area contributed by atoms with Crippen LogP contribution in [0.5, 0.6) is 0 Å². The molecule has 15 heterocycles. The van der Waals surface area contributed by atoms with Crippen molar-refractivity contribution < 1.29 is 36.3 Å². The van der Waals surface area contributed by atoms with Crippen LogP contribution in [0, 0.1) is 35.5 Å². The molecule has 12 aromatic rings. The van der Waals surface area contributed by atoms with Crippen LogP contribution in [0.15, 0.2) is 90.0 Å². The molecule has 1 spiro atoms. The molecule has 2 aromatic carbocycles. The number of carbonyl (C=O) groups is 3. The Kier molecular flexibility index (Phi) is 29.5. The average molecular weight is 2020 g/mol. The number of anilines is 5. The minimum Gasteiger partial charge on any atom is -0.393 e. The van der Waals surface area contributed by atoms with Crippen molar-refractivity contribution in [1.82, 2.24) is 74.4 Å². The van der Waals surface area contributed by atoms with Crippen molar-refractivity contribution >= 4 is 175 Å². The molecule has 8 atom stereocenters. The molecule has 10 aromatic heterocycles. The molecule has 35 heteroatoms. The van der Waals surface area contributed by atoms with Crippen molar-refractivity contribution in [2.75, 3.05) is 111 Å². The number of imide groups is 1. The largest absolute Gasteiger partial charge is 0.393 e. The molecule has 4 amide bonds. The molecule has 6 aliphatic carbocycles. The van der Waals surface area contributed by atoms with Gasteiger partial charge in [-0.2, -0.15) is 8.61 Å². The third-order valence-corrected chi connectivity index (χ3v) is 40.9. The quantitative estimate of drug-likeness (QED) is 0.0631. The lowest BCUT2D eigenvalue weighted by atomic mass is 9.86. The normalized spacial score (nSPS) is 22.7. The molecule has 0 bridgehead atoms. The summed E-state index contributed by atoms with van der Waals surface area (Å²) in [5.41, 5.74) is 8.78. The number of hydrogen-bond donors (Lipinski definition) is 5. The van der Waals surface area contributed by atoms with E-state index in [9.17, 15) is 36.3 Å². The molecule has 1 saturated carbocycles. The number of carbonyl (C=O) groups excluding carboxylic acids is 3. The van der Waals surface area contributed by atoms with E-state index < -0.39 is 25.6 Å². The van der Waals surface area contributed by atoms with Crippen LogP contribution in [0.25, 0.3) is 51.1 Å². The maximum Gasteiger partial charge on any atom is 0.322 e. The number of piperidine rings is 2. The molecule has 139 heavy (non-hydrogen) atoms. The van der Waals surface area contributed by atoms with Crippen molar-refractivity contribution in [3.63, 3.8) is 0 Å². The van der Waals surface area contributed by atoms with E-state index in [2.05, 4.69) is 160 Å². The lowest BCUT2D eigenvalue weighted by molar-refractivity contribution is -0.125. The van der Waals surface area contributed by atoms with Crippen molar-refractivity contribution in [3.8, 4) is 0 Å². The minimum absolute atomic E-state index is 0.00428. The van der Waals surface area contributed by atoms with Gasteiger partial charge >= 0.3 is 6.03 Å². The number of nitrogens with one attached hydrogen (secondary N) is 4. The Morgan fingerprint density at radius 1 is 0.482 bits per heavy atom. The van der Waals surface area contributed by atoms with Gasteiger partial charge in [0, 0.05) is 122 Å². The lowest BCUT2D eigenvalue weighted by Crippen LogP contribution is -2.55. The Morgan fingerprint density at radius 3 is 1.32 bits per heavy atom. The zero-order valence-electron chi connectivity index (χ0n) is 82.2. The van der Waals surface area contributed by atoms with Gasteiger partial charge in [-0.1, -0.05) is 99.9 Å². The summed E-state index contributed by atoms with van der Waals surface area (Å²) in [6.45, 7) is 29.8. The smallest absolute Gasteiger partial charge is 0.322 e. The van der Waals surface area contributed by atoms with Gasteiger partial charge in [-0.25, -0.2) is 71.5 Å². The van der Waals surface area contributed by atoms with E-state index >= 15 is 0 Å². The van der Waals surface area contributed by atoms with Crippen LogP contribution in [0.1, 0.15) is 235 Å². The number of benzene rings is 2. The van der Waals surface area contributed by atoms with E-state index in [-0.39, 0.29) is 35.3 Å². The molecule has 740 valence electrons. The number of aryl methyl sites for hydroxylation is 5.